The van der Waals surface area contributed by atoms with E-state index in [-0.39, 0.29) is 4.99 Å². The maximum Gasteiger partial charge on any atom is 0.416 e. The van der Waals surface area contributed by atoms with E-state index in [0.717, 1.165) is 12.1 Å². The summed E-state index contributed by atoms with van der Waals surface area (Å²) in [6.07, 6.45) is -1.29. The molecule has 0 heterocycles. The van der Waals surface area contributed by atoms with E-state index in [2.05, 4.69) is 12.2 Å². The zero-order valence-corrected chi connectivity index (χ0v) is 8.40. The Kier molecular flexibility index (Phi) is 3.47. The largest absolute Gasteiger partial charge is 0.416 e. The van der Waals surface area contributed by atoms with E-state index in [1.54, 1.807) is 6.08 Å². The van der Waals surface area contributed by atoms with Crippen molar-refractivity contribution < 1.29 is 13.2 Å². The fourth-order valence-corrected chi connectivity index (χ4v) is 1.03. The van der Waals surface area contributed by atoms with Crippen LogP contribution in [0.5, 0.6) is 0 Å². The first-order valence-corrected chi connectivity index (χ1v) is 4.45. The summed E-state index contributed by atoms with van der Waals surface area (Å²) in [5.74, 6) is 0. The molecule has 2 N–H and O–H groups in total. The van der Waals surface area contributed by atoms with Gasteiger partial charge in [0, 0.05) is 0 Å². The average molecular weight is 231 g/mol. The Hall–Kier alpha value is -1.36. The third-order valence-corrected chi connectivity index (χ3v) is 1.81. The highest BCUT2D eigenvalue weighted by atomic mass is 32.1. The maximum absolute atomic E-state index is 12.2. The molecular weight excluding hydrogens is 223 g/mol. The summed E-state index contributed by atoms with van der Waals surface area (Å²) in [4.78, 5) is 0.190. The standard InChI is InChI=1S/C10H8F3NS/c11-10(12,13)8-4-1-7(2-5-8)3-6-9(14)15/h1-6H,(H2,14,15). The lowest BCUT2D eigenvalue weighted by molar-refractivity contribution is -0.137. The Bertz CT molecular complexity index is 379. The predicted molar refractivity (Wildman–Crippen MR) is 57.3 cm³/mol. The monoisotopic (exact) mass is 231 g/mol. The van der Waals surface area contributed by atoms with E-state index in [1.807, 2.05) is 0 Å². The van der Waals surface area contributed by atoms with Gasteiger partial charge in [-0.3, -0.25) is 0 Å². The van der Waals surface area contributed by atoms with Crippen molar-refractivity contribution in [3.05, 3.63) is 41.5 Å². The predicted octanol–water partition coefficient (Wildman–Crippen LogP) is 3.00. The zero-order chi connectivity index (χ0) is 11.5. The van der Waals surface area contributed by atoms with Crippen molar-refractivity contribution in [2.75, 3.05) is 0 Å². The molecule has 1 aromatic rings. The highest BCUT2D eigenvalue weighted by Crippen LogP contribution is 2.29. The van der Waals surface area contributed by atoms with E-state index in [9.17, 15) is 13.2 Å². The molecule has 0 amide bonds. The Labute approximate surface area is 90.4 Å². The second-order valence-electron chi connectivity index (χ2n) is 2.86. The first kappa shape index (κ1) is 11.7. The van der Waals surface area contributed by atoms with Crippen LogP contribution in [0.3, 0.4) is 0 Å². The van der Waals surface area contributed by atoms with Gasteiger partial charge in [0.25, 0.3) is 0 Å². The molecule has 0 fully saturated rings. The molecule has 0 atom stereocenters. The number of nitrogens with two attached hydrogens (primary N) is 1. The number of halogens is 3. The molecule has 0 aliphatic carbocycles. The minimum Gasteiger partial charge on any atom is -0.390 e. The number of rotatable bonds is 2. The molecule has 0 aromatic heterocycles. The Balaban J connectivity index is 2.86. The van der Waals surface area contributed by atoms with Gasteiger partial charge in [0.2, 0.25) is 0 Å². The zero-order valence-electron chi connectivity index (χ0n) is 7.58. The molecule has 1 nitrogen and oxygen atoms in total. The molecule has 0 saturated carbocycles. The Morgan fingerprint density at radius 3 is 2.13 bits per heavy atom. The summed E-state index contributed by atoms with van der Waals surface area (Å²) < 4.78 is 36.5. The fourth-order valence-electron chi connectivity index (χ4n) is 0.962. The minimum absolute atomic E-state index is 0.190. The highest BCUT2D eigenvalue weighted by Gasteiger charge is 2.29. The average Bonchev–Trinajstić information content (AvgIpc) is 2.14. The van der Waals surface area contributed by atoms with Gasteiger partial charge in [-0.25, -0.2) is 0 Å². The SMILES string of the molecule is NC(=S)C=Cc1ccc(C(F)(F)F)cc1. The van der Waals surface area contributed by atoms with Crippen LogP contribution in [0, 0.1) is 0 Å². The van der Waals surface area contributed by atoms with Gasteiger partial charge in [0.05, 0.1) is 10.6 Å². The van der Waals surface area contributed by atoms with Gasteiger partial charge in [0.1, 0.15) is 0 Å². The quantitative estimate of drug-likeness (QED) is 0.625. The van der Waals surface area contributed by atoms with E-state index in [1.165, 1.54) is 18.2 Å². The van der Waals surface area contributed by atoms with Crippen LogP contribution in [-0.4, -0.2) is 4.99 Å². The van der Waals surface area contributed by atoms with Crippen LogP contribution in [-0.2, 0) is 6.18 Å². The van der Waals surface area contributed by atoms with Crippen molar-refractivity contribution >= 4 is 23.3 Å². The van der Waals surface area contributed by atoms with Gasteiger partial charge < -0.3 is 5.73 Å². The number of benzene rings is 1. The van der Waals surface area contributed by atoms with Crippen molar-refractivity contribution in [2.24, 2.45) is 5.73 Å². The Morgan fingerprint density at radius 2 is 1.73 bits per heavy atom. The third-order valence-electron chi connectivity index (χ3n) is 1.68. The van der Waals surface area contributed by atoms with Crippen LogP contribution < -0.4 is 5.73 Å². The smallest absolute Gasteiger partial charge is 0.390 e. The second kappa shape index (κ2) is 4.44. The molecule has 0 aliphatic rings. The highest BCUT2D eigenvalue weighted by molar-refractivity contribution is 7.80. The van der Waals surface area contributed by atoms with E-state index in [0.29, 0.717) is 5.56 Å². The van der Waals surface area contributed by atoms with Crippen LogP contribution in [0.2, 0.25) is 0 Å². The molecule has 1 rings (SSSR count). The normalized spacial score (nSPS) is 11.9. The van der Waals surface area contributed by atoms with Gasteiger partial charge in [-0.05, 0) is 23.8 Å². The second-order valence-corrected chi connectivity index (χ2v) is 3.33. The lowest BCUT2D eigenvalue weighted by Crippen LogP contribution is -2.04. The number of hydrogen-bond donors (Lipinski definition) is 1. The molecule has 0 bridgehead atoms. The van der Waals surface area contributed by atoms with Crippen LogP contribution >= 0.6 is 12.2 Å². The van der Waals surface area contributed by atoms with Gasteiger partial charge in [-0.15, -0.1) is 0 Å². The van der Waals surface area contributed by atoms with Crippen molar-refractivity contribution in [2.45, 2.75) is 6.18 Å². The summed E-state index contributed by atoms with van der Waals surface area (Å²) in [5, 5.41) is 0. The van der Waals surface area contributed by atoms with E-state index < -0.39 is 11.7 Å². The third kappa shape index (κ3) is 3.71. The van der Waals surface area contributed by atoms with Gasteiger partial charge in [-0.1, -0.05) is 30.4 Å². The minimum atomic E-state index is -4.30. The summed E-state index contributed by atoms with van der Waals surface area (Å²) in [6.45, 7) is 0. The van der Waals surface area contributed by atoms with E-state index in [4.69, 9.17) is 5.73 Å². The van der Waals surface area contributed by atoms with Crippen molar-refractivity contribution in [1.29, 1.82) is 0 Å². The maximum atomic E-state index is 12.2. The van der Waals surface area contributed by atoms with Crippen molar-refractivity contribution in [3.8, 4) is 0 Å². The molecular formula is C10H8F3NS. The molecule has 0 spiro atoms. The van der Waals surface area contributed by atoms with Crippen LogP contribution in [0.15, 0.2) is 30.3 Å². The van der Waals surface area contributed by atoms with Crippen molar-refractivity contribution in [3.63, 3.8) is 0 Å². The first-order valence-electron chi connectivity index (χ1n) is 4.04. The van der Waals surface area contributed by atoms with Crippen LogP contribution in [0.25, 0.3) is 6.08 Å². The number of thiocarbonyl (C=S) groups is 1. The van der Waals surface area contributed by atoms with Gasteiger partial charge >= 0.3 is 6.18 Å². The molecule has 0 aliphatic heterocycles. The van der Waals surface area contributed by atoms with Gasteiger partial charge in [0.15, 0.2) is 0 Å². The summed E-state index contributed by atoms with van der Waals surface area (Å²) in [6, 6.07) is 4.74. The van der Waals surface area contributed by atoms with Crippen LogP contribution in [0.1, 0.15) is 11.1 Å². The lowest BCUT2D eigenvalue weighted by atomic mass is 10.1. The molecule has 0 radical (unpaired) electrons. The first-order chi connectivity index (χ1) is 6.89. The van der Waals surface area contributed by atoms with Crippen LogP contribution in [0.4, 0.5) is 13.2 Å². The van der Waals surface area contributed by atoms with E-state index >= 15 is 0 Å². The fraction of sp³-hybridized carbons (Fsp3) is 0.100. The Morgan fingerprint density at radius 1 is 1.20 bits per heavy atom. The van der Waals surface area contributed by atoms with Gasteiger partial charge in [-0.2, -0.15) is 13.2 Å². The summed E-state index contributed by atoms with van der Waals surface area (Å²) >= 11 is 4.59. The molecule has 0 saturated heterocycles. The number of hydrogen-bond acceptors (Lipinski definition) is 1. The summed E-state index contributed by atoms with van der Waals surface area (Å²) in [7, 11) is 0. The molecule has 80 valence electrons. The van der Waals surface area contributed by atoms with Crippen molar-refractivity contribution in [1.82, 2.24) is 0 Å². The lowest BCUT2D eigenvalue weighted by Gasteiger charge is -2.05. The molecule has 0 unspecified atom stereocenters. The molecule has 5 heteroatoms. The molecule has 15 heavy (non-hydrogen) atoms. The topological polar surface area (TPSA) is 26.0 Å². The number of alkyl halides is 3. The summed E-state index contributed by atoms with van der Waals surface area (Å²) in [5.41, 5.74) is 5.15. The molecule has 1 aromatic carbocycles.